The first kappa shape index (κ1) is 25.9. The van der Waals surface area contributed by atoms with E-state index in [1.165, 1.54) is 24.3 Å². The normalized spacial score (nSPS) is 12.6. The zero-order chi connectivity index (χ0) is 25.1. The van der Waals surface area contributed by atoms with Gasteiger partial charge in [0.25, 0.3) is 20.2 Å². The van der Waals surface area contributed by atoms with E-state index in [4.69, 9.17) is 8.37 Å². The summed E-state index contributed by atoms with van der Waals surface area (Å²) < 4.78 is 99.5. The summed E-state index contributed by atoms with van der Waals surface area (Å²) >= 11 is 0. The van der Waals surface area contributed by atoms with E-state index in [0.29, 0.717) is 6.07 Å². The van der Waals surface area contributed by atoms with Gasteiger partial charge < -0.3 is 0 Å². The van der Waals surface area contributed by atoms with Crippen LogP contribution in [0.25, 0.3) is 0 Å². The number of benzene rings is 3. The van der Waals surface area contributed by atoms with Gasteiger partial charge in [0.05, 0.1) is 28.6 Å². The molecule has 0 spiro atoms. The fourth-order valence-corrected chi connectivity index (χ4v) is 4.68. The highest BCUT2D eigenvalue weighted by atomic mass is 32.2. The first-order chi connectivity index (χ1) is 15.8. The summed E-state index contributed by atoms with van der Waals surface area (Å²) in [6, 6.07) is 14.1. The third-order valence-corrected chi connectivity index (χ3v) is 7.45. The molecule has 0 aliphatic carbocycles. The van der Waals surface area contributed by atoms with Crippen molar-refractivity contribution in [2.75, 3.05) is 0 Å². The average molecular weight is 515 g/mol. The molecule has 3 rings (SSSR count). The van der Waals surface area contributed by atoms with Gasteiger partial charge in [0.2, 0.25) is 0 Å². The number of rotatable bonds is 8. The van der Waals surface area contributed by atoms with Gasteiger partial charge in [0.1, 0.15) is 0 Å². The quantitative estimate of drug-likeness (QED) is 0.387. The van der Waals surface area contributed by atoms with E-state index in [9.17, 15) is 30.0 Å². The van der Waals surface area contributed by atoms with Crippen LogP contribution in [0.15, 0.2) is 76.5 Å². The van der Waals surface area contributed by atoms with E-state index in [2.05, 4.69) is 0 Å². The third-order valence-electron chi connectivity index (χ3n) is 4.89. The zero-order valence-corrected chi connectivity index (χ0v) is 19.8. The Hall–Kier alpha value is -2.73. The molecule has 0 aliphatic rings. The summed E-state index contributed by atoms with van der Waals surface area (Å²) in [6.45, 7) is 2.17. The maximum absolute atomic E-state index is 13.2. The van der Waals surface area contributed by atoms with E-state index in [-0.39, 0.29) is 20.9 Å². The Labute approximate surface area is 196 Å². The maximum Gasteiger partial charge on any atom is 0.416 e. The number of alkyl halides is 3. The van der Waals surface area contributed by atoms with Crippen LogP contribution in [0.1, 0.15) is 27.8 Å². The molecule has 0 N–H and O–H groups in total. The molecule has 0 radical (unpaired) electrons. The summed E-state index contributed by atoms with van der Waals surface area (Å²) in [5, 5.41) is 0. The summed E-state index contributed by atoms with van der Waals surface area (Å²) in [6.07, 6.45) is -4.70. The lowest BCUT2D eigenvalue weighted by Gasteiger charge is -2.14. The van der Waals surface area contributed by atoms with E-state index in [1.54, 1.807) is 38.1 Å². The van der Waals surface area contributed by atoms with Crippen molar-refractivity contribution in [1.82, 2.24) is 0 Å². The topological polar surface area (TPSA) is 86.7 Å². The van der Waals surface area contributed by atoms with Crippen LogP contribution < -0.4 is 0 Å². The molecule has 3 aromatic rings. The van der Waals surface area contributed by atoms with Crippen molar-refractivity contribution in [2.24, 2.45) is 0 Å². The smallest absolute Gasteiger partial charge is 0.262 e. The van der Waals surface area contributed by atoms with Gasteiger partial charge >= 0.3 is 6.18 Å². The molecule has 0 atom stereocenters. The van der Waals surface area contributed by atoms with Gasteiger partial charge in [-0.25, -0.2) is 0 Å². The van der Waals surface area contributed by atoms with Crippen molar-refractivity contribution < 1.29 is 38.4 Å². The largest absolute Gasteiger partial charge is 0.416 e. The molecular weight excluding hydrogens is 493 g/mol. The van der Waals surface area contributed by atoms with E-state index in [1.807, 2.05) is 0 Å². The highest BCUT2D eigenvalue weighted by molar-refractivity contribution is 7.87. The van der Waals surface area contributed by atoms with Crippen molar-refractivity contribution >= 4 is 20.2 Å². The second-order valence-corrected chi connectivity index (χ2v) is 10.8. The second kappa shape index (κ2) is 9.87. The highest BCUT2D eigenvalue weighted by Crippen LogP contribution is 2.31. The average Bonchev–Trinajstić information content (AvgIpc) is 2.76. The Kier molecular flexibility index (Phi) is 7.51. The van der Waals surface area contributed by atoms with Crippen LogP contribution in [0.3, 0.4) is 0 Å². The molecule has 0 aromatic heterocycles. The molecule has 0 bridgehead atoms. The van der Waals surface area contributed by atoms with Crippen LogP contribution >= 0.6 is 0 Å². The highest BCUT2D eigenvalue weighted by Gasteiger charge is 2.31. The number of hydrogen-bond donors (Lipinski definition) is 0. The fraction of sp³-hybridized carbons (Fsp3) is 0.217. The van der Waals surface area contributed by atoms with E-state index >= 15 is 0 Å². The number of hydrogen-bond acceptors (Lipinski definition) is 6. The van der Waals surface area contributed by atoms with Gasteiger partial charge in [-0.1, -0.05) is 41.5 Å². The van der Waals surface area contributed by atoms with Crippen LogP contribution in [-0.2, 0) is 48.0 Å². The maximum atomic E-state index is 13.2. The van der Waals surface area contributed by atoms with Gasteiger partial charge in [0, 0.05) is 0 Å². The fourth-order valence-electron chi connectivity index (χ4n) is 2.91. The summed E-state index contributed by atoms with van der Waals surface area (Å²) in [5.74, 6) is 0. The molecule has 11 heteroatoms. The Morgan fingerprint density at radius 2 is 1.06 bits per heavy atom. The molecule has 34 heavy (non-hydrogen) atoms. The molecule has 0 fully saturated rings. The molecule has 0 amide bonds. The molecular formula is C23H21F3O6S2. The summed E-state index contributed by atoms with van der Waals surface area (Å²) in [7, 11) is -8.47. The number of aryl methyl sites for hydroxylation is 2. The Bertz CT molecular complexity index is 1360. The molecule has 0 heterocycles. The number of halogens is 3. The van der Waals surface area contributed by atoms with Crippen molar-refractivity contribution in [3.63, 3.8) is 0 Å². The van der Waals surface area contributed by atoms with Crippen LogP contribution in [0.5, 0.6) is 0 Å². The Morgan fingerprint density at radius 1 is 0.647 bits per heavy atom. The lowest BCUT2D eigenvalue weighted by Crippen LogP contribution is -2.12. The second-order valence-electron chi connectivity index (χ2n) is 7.54. The van der Waals surface area contributed by atoms with Crippen LogP contribution in [-0.4, -0.2) is 16.8 Å². The van der Waals surface area contributed by atoms with Gasteiger partial charge in [0.15, 0.2) is 0 Å². The van der Waals surface area contributed by atoms with Crippen LogP contribution in [0.2, 0.25) is 0 Å². The van der Waals surface area contributed by atoms with Crippen molar-refractivity contribution in [3.8, 4) is 0 Å². The van der Waals surface area contributed by atoms with Gasteiger partial charge in [-0.2, -0.15) is 30.0 Å². The van der Waals surface area contributed by atoms with E-state index < -0.39 is 45.2 Å². The predicted molar refractivity (Wildman–Crippen MR) is 118 cm³/mol. The molecule has 0 saturated heterocycles. The van der Waals surface area contributed by atoms with Gasteiger partial charge in [-0.15, -0.1) is 0 Å². The molecule has 182 valence electrons. The summed E-state index contributed by atoms with van der Waals surface area (Å²) in [4.78, 5) is -0.283. The Morgan fingerprint density at radius 3 is 1.47 bits per heavy atom. The minimum absolute atomic E-state index is 0.0304. The van der Waals surface area contributed by atoms with Crippen LogP contribution in [0, 0.1) is 13.8 Å². The first-order valence-corrected chi connectivity index (χ1v) is 12.7. The Balaban J connectivity index is 1.86. The lowest BCUT2D eigenvalue weighted by molar-refractivity contribution is -0.137. The first-order valence-electron chi connectivity index (χ1n) is 9.89. The van der Waals surface area contributed by atoms with E-state index in [0.717, 1.165) is 23.3 Å². The monoisotopic (exact) mass is 514 g/mol. The van der Waals surface area contributed by atoms with Crippen LogP contribution in [0.4, 0.5) is 13.2 Å². The SMILES string of the molecule is Cc1ccc(S(=O)(=O)OCc2ccc(C(F)(F)F)cc2COS(=O)(=O)c2ccc(C)cc2)cc1. The molecule has 0 saturated carbocycles. The van der Waals surface area contributed by atoms with Gasteiger partial charge in [-0.3, -0.25) is 8.37 Å². The molecule has 0 unspecified atom stereocenters. The minimum atomic E-state index is -4.70. The van der Waals surface area contributed by atoms with Crippen molar-refractivity contribution in [2.45, 2.75) is 43.0 Å². The lowest BCUT2D eigenvalue weighted by atomic mass is 10.0. The minimum Gasteiger partial charge on any atom is -0.262 e. The third kappa shape index (κ3) is 6.44. The van der Waals surface area contributed by atoms with Crippen molar-refractivity contribution in [3.05, 3.63) is 94.5 Å². The molecule has 0 aliphatic heterocycles. The molecule has 6 nitrogen and oxygen atoms in total. The zero-order valence-electron chi connectivity index (χ0n) is 18.2. The standard InChI is InChI=1S/C23H21F3O6S2/c1-16-3-9-21(10-4-16)33(27,28)31-14-18-7-8-20(23(24,25)26)13-19(18)15-32-34(29,30)22-11-5-17(2)6-12-22/h3-13H,14-15H2,1-2H3. The van der Waals surface area contributed by atoms with Gasteiger partial charge in [-0.05, 0) is 61.4 Å². The molecule has 3 aromatic carbocycles. The summed E-state index contributed by atoms with van der Waals surface area (Å²) in [5.41, 5.74) is 0.457. The predicted octanol–water partition coefficient (Wildman–Crippen LogP) is 5.13. The van der Waals surface area contributed by atoms with Crippen molar-refractivity contribution in [1.29, 1.82) is 0 Å².